The van der Waals surface area contributed by atoms with Crippen molar-refractivity contribution in [1.82, 2.24) is 30.0 Å². The van der Waals surface area contributed by atoms with Crippen LogP contribution in [0.1, 0.15) is 13.8 Å². The van der Waals surface area contributed by atoms with Crippen molar-refractivity contribution in [2.75, 3.05) is 6.54 Å². The Balaban J connectivity index is 2.13. The monoisotopic (exact) mass is 344 g/mol. The first-order valence-electron chi connectivity index (χ1n) is 7.43. The number of thioether (sulfide) groups is 1. The Bertz CT molecular complexity index is 921. The van der Waals surface area contributed by atoms with E-state index < -0.39 is 5.25 Å². The highest BCUT2D eigenvalue weighted by molar-refractivity contribution is 8.00. The highest BCUT2D eigenvalue weighted by Gasteiger charge is 2.20. The maximum absolute atomic E-state index is 12.8. The number of aromatic amines is 1. The molecule has 2 heterocycles. The van der Waals surface area contributed by atoms with Crippen molar-refractivity contribution in [1.29, 1.82) is 0 Å². The van der Waals surface area contributed by atoms with Gasteiger partial charge in [0.05, 0.1) is 16.2 Å². The molecule has 2 N–H and O–H groups in total. The van der Waals surface area contributed by atoms with Crippen molar-refractivity contribution < 1.29 is 4.79 Å². The summed E-state index contributed by atoms with van der Waals surface area (Å²) >= 11 is 1.20. The van der Waals surface area contributed by atoms with Gasteiger partial charge in [0.2, 0.25) is 11.9 Å². The summed E-state index contributed by atoms with van der Waals surface area (Å²) in [5.74, 6) is 0.151. The summed E-state index contributed by atoms with van der Waals surface area (Å²) in [5, 5.41) is 9.68. The number of H-pyrrole nitrogens is 1. The van der Waals surface area contributed by atoms with E-state index in [1.54, 1.807) is 25.1 Å². The number of aromatic nitrogens is 5. The standard InChI is InChI=1S/C15H16N6O2S/c1-3-16-12(22)9(2)24-15-19-11-7-5-4-6-10(11)13(23)21(15)14-17-8-18-20-14/h4-9H,3H2,1-2H3,(H,16,22)(H,17,18,20)/t9-/m1/s1. The fourth-order valence-corrected chi connectivity index (χ4v) is 3.15. The summed E-state index contributed by atoms with van der Waals surface area (Å²) < 4.78 is 1.34. The van der Waals surface area contributed by atoms with E-state index in [2.05, 4.69) is 25.5 Å². The minimum Gasteiger partial charge on any atom is -0.355 e. The molecule has 0 saturated heterocycles. The lowest BCUT2D eigenvalue weighted by Crippen LogP contribution is -2.31. The molecule has 3 aromatic rings. The molecular formula is C15H16N6O2S. The molecule has 0 radical (unpaired) electrons. The summed E-state index contributed by atoms with van der Waals surface area (Å²) in [6, 6.07) is 7.07. The molecule has 8 nitrogen and oxygen atoms in total. The fraction of sp³-hybridized carbons (Fsp3) is 0.267. The number of carbonyl (C=O) groups excluding carboxylic acids is 1. The van der Waals surface area contributed by atoms with E-state index in [9.17, 15) is 9.59 Å². The first-order valence-corrected chi connectivity index (χ1v) is 8.31. The molecule has 0 saturated carbocycles. The minimum atomic E-state index is -0.410. The average molecular weight is 344 g/mol. The molecule has 3 rings (SSSR count). The summed E-state index contributed by atoms with van der Waals surface area (Å²) in [7, 11) is 0. The third-order valence-electron chi connectivity index (χ3n) is 3.36. The molecule has 9 heteroatoms. The van der Waals surface area contributed by atoms with Crippen LogP contribution in [0.2, 0.25) is 0 Å². The molecule has 1 atom stereocenters. The summed E-state index contributed by atoms with van der Waals surface area (Å²) in [4.78, 5) is 33.4. The number of amides is 1. The highest BCUT2D eigenvalue weighted by atomic mass is 32.2. The van der Waals surface area contributed by atoms with Crippen molar-refractivity contribution in [3.63, 3.8) is 0 Å². The largest absolute Gasteiger partial charge is 0.355 e. The number of nitrogens with zero attached hydrogens (tertiary/aromatic N) is 4. The van der Waals surface area contributed by atoms with E-state index in [4.69, 9.17) is 0 Å². The molecular weight excluding hydrogens is 328 g/mol. The SMILES string of the molecule is CCNC(=O)[C@@H](C)Sc1nc2ccccc2c(=O)n1-c1ncn[nH]1. The number of nitrogens with one attached hydrogen (secondary N) is 2. The van der Waals surface area contributed by atoms with Crippen LogP contribution in [0.25, 0.3) is 16.9 Å². The molecule has 124 valence electrons. The Morgan fingerprint density at radius 1 is 1.42 bits per heavy atom. The van der Waals surface area contributed by atoms with Crippen molar-refractivity contribution in [2.24, 2.45) is 0 Å². The Morgan fingerprint density at radius 3 is 2.92 bits per heavy atom. The smallest absolute Gasteiger partial charge is 0.269 e. The molecule has 1 amide bonds. The highest BCUT2D eigenvalue weighted by Crippen LogP contribution is 2.23. The van der Waals surface area contributed by atoms with Crippen molar-refractivity contribution in [3.05, 3.63) is 40.9 Å². The van der Waals surface area contributed by atoms with Gasteiger partial charge in [0.1, 0.15) is 6.33 Å². The van der Waals surface area contributed by atoms with Crippen LogP contribution in [0, 0.1) is 0 Å². The van der Waals surface area contributed by atoms with Gasteiger partial charge in [-0.1, -0.05) is 23.9 Å². The third kappa shape index (κ3) is 3.02. The lowest BCUT2D eigenvalue weighted by Gasteiger charge is -2.14. The van der Waals surface area contributed by atoms with E-state index >= 15 is 0 Å². The van der Waals surface area contributed by atoms with Crippen molar-refractivity contribution >= 4 is 28.6 Å². The van der Waals surface area contributed by atoms with Gasteiger partial charge in [0.15, 0.2) is 5.16 Å². The Labute approximate surface area is 141 Å². The van der Waals surface area contributed by atoms with E-state index in [1.165, 1.54) is 22.7 Å². The van der Waals surface area contributed by atoms with Gasteiger partial charge in [-0.05, 0) is 26.0 Å². The molecule has 0 bridgehead atoms. The van der Waals surface area contributed by atoms with Crippen LogP contribution in [0.5, 0.6) is 0 Å². The summed E-state index contributed by atoms with van der Waals surface area (Å²) in [6.45, 7) is 4.17. The predicted octanol–water partition coefficient (Wildman–Crippen LogP) is 1.12. The number of carbonyl (C=O) groups is 1. The van der Waals surface area contributed by atoms with Crippen molar-refractivity contribution in [2.45, 2.75) is 24.3 Å². The van der Waals surface area contributed by atoms with Gasteiger partial charge in [-0.2, -0.15) is 10.1 Å². The van der Waals surface area contributed by atoms with Crippen LogP contribution in [0.4, 0.5) is 0 Å². The number of benzene rings is 1. The van der Waals surface area contributed by atoms with Crippen molar-refractivity contribution in [3.8, 4) is 5.95 Å². The lowest BCUT2D eigenvalue weighted by molar-refractivity contribution is -0.120. The molecule has 0 unspecified atom stereocenters. The van der Waals surface area contributed by atoms with E-state index in [0.717, 1.165) is 0 Å². The summed E-state index contributed by atoms with van der Waals surface area (Å²) in [5.41, 5.74) is 0.312. The van der Waals surface area contributed by atoms with Gasteiger partial charge in [-0.15, -0.1) is 0 Å². The maximum atomic E-state index is 12.8. The first kappa shape index (κ1) is 16.2. The normalized spacial score (nSPS) is 12.2. The van der Waals surface area contributed by atoms with Crippen LogP contribution in [0.3, 0.4) is 0 Å². The Kier molecular flexibility index (Phi) is 4.61. The zero-order valence-electron chi connectivity index (χ0n) is 13.2. The number of fused-ring (bicyclic) bond motifs is 1. The second-order valence-electron chi connectivity index (χ2n) is 5.02. The fourth-order valence-electron chi connectivity index (χ4n) is 2.21. The maximum Gasteiger partial charge on any atom is 0.269 e. The topological polar surface area (TPSA) is 106 Å². The van der Waals surface area contributed by atoms with Gasteiger partial charge < -0.3 is 5.32 Å². The van der Waals surface area contributed by atoms with Gasteiger partial charge in [-0.3, -0.25) is 9.59 Å². The zero-order valence-corrected chi connectivity index (χ0v) is 14.0. The Hall–Kier alpha value is -2.68. The lowest BCUT2D eigenvalue weighted by atomic mass is 10.2. The van der Waals surface area contributed by atoms with Crippen LogP contribution < -0.4 is 10.9 Å². The van der Waals surface area contributed by atoms with Gasteiger partial charge in [-0.25, -0.2) is 14.6 Å². The van der Waals surface area contributed by atoms with Crippen LogP contribution >= 0.6 is 11.8 Å². The van der Waals surface area contributed by atoms with E-state index in [1.807, 2.05) is 13.0 Å². The van der Waals surface area contributed by atoms with Gasteiger partial charge in [0, 0.05) is 6.54 Å². The molecule has 2 aromatic heterocycles. The minimum absolute atomic E-state index is 0.117. The second-order valence-corrected chi connectivity index (χ2v) is 6.32. The van der Waals surface area contributed by atoms with Gasteiger partial charge >= 0.3 is 0 Å². The van der Waals surface area contributed by atoms with E-state index in [-0.39, 0.29) is 17.4 Å². The molecule has 0 aliphatic carbocycles. The average Bonchev–Trinajstić information content (AvgIpc) is 3.09. The third-order valence-corrected chi connectivity index (χ3v) is 4.41. The molecule has 24 heavy (non-hydrogen) atoms. The number of para-hydroxylation sites is 1. The van der Waals surface area contributed by atoms with Crippen LogP contribution in [-0.4, -0.2) is 42.4 Å². The van der Waals surface area contributed by atoms with Gasteiger partial charge in [0.25, 0.3) is 5.56 Å². The summed E-state index contributed by atoms with van der Waals surface area (Å²) in [6.07, 6.45) is 1.32. The first-order chi connectivity index (χ1) is 11.6. The molecule has 1 aromatic carbocycles. The Morgan fingerprint density at radius 2 is 2.21 bits per heavy atom. The number of hydrogen-bond donors (Lipinski definition) is 2. The number of rotatable bonds is 5. The van der Waals surface area contributed by atoms with E-state index in [0.29, 0.717) is 22.6 Å². The predicted molar refractivity (Wildman–Crippen MR) is 91.3 cm³/mol. The molecule has 0 aliphatic rings. The quantitative estimate of drug-likeness (QED) is 0.531. The second kappa shape index (κ2) is 6.83. The molecule has 0 spiro atoms. The number of hydrogen-bond acceptors (Lipinski definition) is 6. The zero-order chi connectivity index (χ0) is 17.1. The molecule has 0 fully saturated rings. The van der Waals surface area contributed by atoms with Crippen LogP contribution in [-0.2, 0) is 4.79 Å². The van der Waals surface area contributed by atoms with Crippen LogP contribution in [0.15, 0.2) is 40.5 Å². The molecule has 0 aliphatic heterocycles.